The first-order chi connectivity index (χ1) is 7.56. The van der Waals surface area contributed by atoms with Gasteiger partial charge in [0, 0.05) is 19.8 Å². The molecule has 0 spiro atoms. The molecular weight excluding hydrogens is 202 g/mol. The van der Waals surface area contributed by atoms with E-state index in [0.717, 1.165) is 11.3 Å². The third-order valence-electron chi connectivity index (χ3n) is 2.44. The van der Waals surface area contributed by atoms with E-state index < -0.39 is 6.04 Å². The Labute approximate surface area is 96.4 Å². The highest BCUT2D eigenvalue weighted by molar-refractivity contribution is 5.81. The molecule has 1 amide bonds. The number of likely N-dealkylation sites (N-methyl/N-ethyl adjacent to an activating group) is 1. The second-order valence-corrected chi connectivity index (χ2v) is 3.88. The van der Waals surface area contributed by atoms with E-state index in [4.69, 9.17) is 5.73 Å². The van der Waals surface area contributed by atoms with Gasteiger partial charge in [0.15, 0.2) is 0 Å². The van der Waals surface area contributed by atoms with Gasteiger partial charge in [-0.25, -0.2) is 0 Å². The molecular formula is C12H19N3O. The first-order valence-electron chi connectivity index (χ1n) is 5.36. The van der Waals surface area contributed by atoms with Crippen LogP contribution in [0.25, 0.3) is 0 Å². The van der Waals surface area contributed by atoms with Gasteiger partial charge in [-0.05, 0) is 24.2 Å². The largest absolute Gasteiger partial charge is 0.378 e. The van der Waals surface area contributed by atoms with Crippen molar-refractivity contribution in [2.24, 2.45) is 5.73 Å². The number of benzene rings is 1. The average molecular weight is 221 g/mol. The molecule has 1 aromatic rings. The fourth-order valence-corrected chi connectivity index (χ4v) is 1.55. The summed E-state index contributed by atoms with van der Waals surface area (Å²) in [7, 11) is 3.95. The molecule has 0 heterocycles. The Bertz CT molecular complexity index is 346. The van der Waals surface area contributed by atoms with Gasteiger partial charge in [0.25, 0.3) is 0 Å². The predicted octanol–water partition coefficient (Wildman–Crippen LogP) is 0.888. The van der Waals surface area contributed by atoms with Gasteiger partial charge in [0.1, 0.15) is 6.04 Å². The lowest BCUT2D eigenvalue weighted by Gasteiger charge is -2.17. The highest BCUT2D eigenvalue weighted by atomic mass is 16.1. The fraction of sp³-hybridized carbons (Fsp3) is 0.417. The van der Waals surface area contributed by atoms with Gasteiger partial charge in [-0.3, -0.25) is 4.79 Å². The van der Waals surface area contributed by atoms with E-state index >= 15 is 0 Å². The fourth-order valence-electron chi connectivity index (χ4n) is 1.55. The van der Waals surface area contributed by atoms with Crippen LogP contribution in [0.1, 0.15) is 18.5 Å². The van der Waals surface area contributed by atoms with Crippen molar-refractivity contribution in [3.63, 3.8) is 0 Å². The van der Waals surface area contributed by atoms with Crippen molar-refractivity contribution in [3.05, 3.63) is 29.8 Å². The Morgan fingerprint density at radius 2 is 1.94 bits per heavy atom. The minimum absolute atomic E-state index is 0.348. The number of carbonyl (C=O) groups excluding carboxylic acids is 1. The summed E-state index contributed by atoms with van der Waals surface area (Å²) in [6.45, 7) is 2.66. The number of primary amides is 1. The number of anilines is 1. The Morgan fingerprint density at radius 3 is 2.31 bits per heavy atom. The molecule has 1 rings (SSSR count). The van der Waals surface area contributed by atoms with Crippen LogP contribution in [-0.2, 0) is 4.79 Å². The Balaban J connectivity index is 2.89. The summed E-state index contributed by atoms with van der Waals surface area (Å²) in [5, 5.41) is 3.06. The maximum atomic E-state index is 11.3. The zero-order valence-corrected chi connectivity index (χ0v) is 10.0. The van der Waals surface area contributed by atoms with Crippen LogP contribution in [0.5, 0.6) is 0 Å². The Morgan fingerprint density at radius 1 is 1.38 bits per heavy atom. The lowest BCUT2D eigenvalue weighted by atomic mass is 10.1. The van der Waals surface area contributed by atoms with Gasteiger partial charge in [-0.1, -0.05) is 19.1 Å². The lowest BCUT2D eigenvalue weighted by molar-refractivity contribution is -0.120. The van der Waals surface area contributed by atoms with Crippen molar-refractivity contribution in [2.75, 3.05) is 25.5 Å². The van der Waals surface area contributed by atoms with Crippen LogP contribution in [0, 0.1) is 0 Å². The van der Waals surface area contributed by atoms with Gasteiger partial charge < -0.3 is 16.0 Å². The van der Waals surface area contributed by atoms with Gasteiger partial charge in [0.05, 0.1) is 0 Å². The summed E-state index contributed by atoms with van der Waals surface area (Å²) in [5.74, 6) is -0.348. The zero-order valence-electron chi connectivity index (χ0n) is 10.0. The predicted molar refractivity (Wildman–Crippen MR) is 66.4 cm³/mol. The molecule has 4 heteroatoms. The van der Waals surface area contributed by atoms with Crippen LogP contribution in [-0.4, -0.2) is 26.5 Å². The smallest absolute Gasteiger partial charge is 0.239 e. The van der Waals surface area contributed by atoms with E-state index in [9.17, 15) is 4.79 Å². The topological polar surface area (TPSA) is 58.4 Å². The molecule has 0 bridgehead atoms. The number of nitrogens with zero attached hydrogens (tertiary/aromatic N) is 1. The molecule has 1 atom stereocenters. The molecule has 0 radical (unpaired) electrons. The van der Waals surface area contributed by atoms with Gasteiger partial charge in [-0.2, -0.15) is 0 Å². The Kier molecular flexibility index (Phi) is 4.31. The molecule has 1 aromatic carbocycles. The Hall–Kier alpha value is -1.55. The normalized spacial score (nSPS) is 12.2. The van der Waals surface area contributed by atoms with E-state index in [2.05, 4.69) is 5.32 Å². The van der Waals surface area contributed by atoms with Crippen LogP contribution in [0.3, 0.4) is 0 Å². The average Bonchev–Trinajstić information content (AvgIpc) is 2.25. The number of carbonyl (C=O) groups is 1. The molecule has 0 saturated carbocycles. The second-order valence-electron chi connectivity index (χ2n) is 3.88. The number of nitrogens with two attached hydrogens (primary N) is 1. The van der Waals surface area contributed by atoms with E-state index in [1.807, 2.05) is 50.2 Å². The van der Waals surface area contributed by atoms with Gasteiger partial charge >= 0.3 is 0 Å². The summed E-state index contributed by atoms with van der Waals surface area (Å²) in [5.41, 5.74) is 7.34. The summed E-state index contributed by atoms with van der Waals surface area (Å²) >= 11 is 0. The lowest BCUT2D eigenvalue weighted by Crippen LogP contribution is -2.33. The molecule has 0 aromatic heterocycles. The zero-order chi connectivity index (χ0) is 12.1. The van der Waals surface area contributed by atoms with Crippen LogP contribution < -0.4 is 16.0 Å². The van der Waals surface area contributed by atoms with Gasteiger partial charge in [-0.15, -0.1) is 0 Å². The van der Waals surface area contributed by atoms with Crippen molar-refractivity contribution in [1.82, 2.24) is 5.32 Å². The van der Waals surface area contributed by atoms with Crippen molar-refractivity contribution < 1.29 is 4.79 Å². The van der Waals surface area contributed by atoms with E-state index in [1.54, 1.807) is 0 Å². The van der Waals surface area contributed by atoms with Crippen LogP contribution in [0.4, 0.5) is 5.69 Å². The molecule has 0 aliphatic rings. The molecule has 4 nitrogen and oxygen atoms in total. The molecule has 88 valence electrons. The minimum Gasteiger partial charge on any atom is -0.378 e. The van der Waals surface area contributed by atoms with Crippen molar-refractivity contribution >= 4 is 11.6 Å². The number of amides is 1. The number of hydrogen-bond acceptors (Lipinski definition) is 3. The second kappa shape index (κ2) is 5.51. The summed E-state index contributed by atoms with van der Waals surface area (Å²) in [6, 6.07) is 7.40. The molecule has 0 fully saturated rings. The first kappa shape index (κ1) is 12.5. The van der Waals surface area contributed by atoms with E-state index in [-0.39, 0.29) is 5.91 Å². The maximum Gasteiger partial charge on any atom is 0.239 e. The van der Waals surface area contributed by atoms with E-state index in [1.165, 1.54) is 0 Å². The molecule has 1 unspecified atom stereocenters. The highest BCUT2D eigenvalue weighted by Crippen LogP contribution is 2.17. The highest BCUT2D eigenvalue weighted by Gasteiger charge is 2.15. The molecule has 16 heavy (non-hydrogen) atoms. The molecule has 0 aliphatic heterocycles. The van der Waals surface area contributed by atoms with Crippen LogP contribution in [0.15, 0.2) is 24.3 Å². The number of nitrogens with one attached hydrogen (secondary N) is 1. The third kappa shape index (κ3) is 2.97. The molecule has 0 aliphatic carbocycles. The number of rotatable bonds is 5. The third-order valence-corrected chi connectivity index (χ3v) is 2.44. The SMILES string of the molecule is CCNC(C(N)=O)c1ccc(N(C)C)cc1. The summed E-state index contributed by atoms with van der Waals surface area (Å²) in [6.07, 6.45) is 0. The van der Waals surface area contributed by atoms with Crippen LogP contribution in [0.2, 0.25) is 0 Å². The van der Waals surface area contributed by atoms with Crippen molar-refractivity contribution in [2.45, 2.75) is 13.0 Å². The first-order valence-corrected chi connectivity index (χ1v) is 5.36. The number of hydrogen-bond donors (Lipinski definition) is 2. The summed E-state index contributed by atoms with van der Waals surface area (Å²) < 4.78 is 0. The standard InChI is InChI=1S/C12H19N3O/c1-4-14-11(12(13)16)9-5-7-10(8-6-9)15(2)3/h5-8,11,14H,4H2,1-3H3,(H2,13,16). The summed E-state index contributed by atoms with van der Waals surface area (Å²) in [4.78, 5) is 13.3. The van der Waals surface area contributed by atoms with Gasteiger partial charge in [0.2, 0.25) is 5.91 Å². The molecule has 3 N–H and O–H groups in total. The van der Waals surface area contributed by atoms with Crippen molar-refractivity contribution in [3.8, 4) is 0 Å². The minimum atomic E-state index is -0.402. The monoisotopic (exact) mass is 221 g/mol. The quantitative estimate of drug-likeness (QED) is 0.776. The molecule has 0 saturated heterocycles. The van der Waals surface area contributed by atoms with Crippen LogP contribution >= 0.6 is 0 Å². The van der Waals surface area contributed by atoms with E-state index in [0.29, 0.717) is 6.54 Å². The maximum absolute atomic E-state index is 11.3. The van der Waals surface area contributed by atoms with Crippen molar-refractivity contribution in [1.29, 1.82) is 0 Å².